The van der Waals surface area contributed by atoms with Crippen LogP contribution in [0.15, 0.2) is 89.8 Å². The Morgan fingerprint density at radius 1 is 0.750 bits per heavy atom. The lowest BCUT2D eigenvalue weighted by atomic mass is 10.1. The maximum Gasteiger partial charge on any atom is 0.243 e. The Morgan fingerprint density at radius 3 is 2.00 bits per heavy atom. The van der Waals surface area contributed by atoms with Gasteiger partial charge in [0, 0.05) is 57.4 Å². The van der Waals surface area contributed by atoms with Crippen LogP contribution in [0.25, 0.3) is 11.1 Å². The molecule has 0 bridgehead atoms. The first-order valence-electron chi connectivity index (χ1n) is 11.9. The number of sulfonamides is 1. The molecule has 3 aromatic carbocycles. The molecule has 0 aromatic heterocycles. The quantitative estimate of drug-likeness (QED) is 0.507. The third kappa shape index (κ3) is 6.11. The summed E-state index contributed by atoms with van der Waals surface area (Å²) in [6.45, 7) is 4.34. The van der Waals surface area contributed by atoms with Crippen LogP contribution in [-0.2, 0) is 16.6 Å². The van der Waals surface area contributed by atoms with Crippen LogP contribution in [0.5, 0.6) is 0 Å². The number of aliphatic hydroxyl groups excluding tert-OH is 1. The fraction of sp³-hybridized carbons (Fsp3) is 0.333. The van der Waals surface area contributed by atoms with E-state index in [1.807, 2.05) is 60.7 Å². The molecule has 5 rings (SSSR count). The van der Waals surface area contributed by atoms with Gasteiger partial charge in [0.15, 0.2) is 0 Å². The average Bonchev–Trinajstić information content (AvgIpc) is 3.25. The van der Waals surface area contributed by atoms with Gasteiger partial charge in [-0.3, -0.25) is 9.80 Å². The number of aliphatic hydroxyl groups is 1. The van der Waals surface area contributed by atoms with Crippen molar-refractivity contribution in [1.29, 1.82) is 0 Å². The van der Waals surface area contributed by atoms with Crippen molar-refractivity contribution >= 4 is 34.8 Å². The summed E-state index contributed by atoms with van der Waals surface area (Å²) >= 11 is 0. The van der Waals surface area contributed by atoms with Crippen LogP contribution in [0.2, 0.25) is 0 Å². The van der Waals surface area contributed by atoms with E-state index < -0.39 is 16.1 Å². The van der Waals surface area contributed by atoms with Gasteiger partial charge in [0.2, 0.25) is 10.0 Å². The highest BCUT2D eigenvalue weighted by atomic mass is 35.5. The lowest BCUT2D eigenvalue weighted by Gasteiger charge is -2.38. The van der Waals surface area contributed by atoms with Crippen molar-refractivity contribution in [3.05, 3.63) is 90.5 Å². The van der Waals surface area contributed by atoms with Crippen molar-refractivity contribution in [2.45, 2.75) is 23.6 Å². The second-order valence-electron chi connectivity index (χ2n) is 9.12. The molecule has 0 aliphatic carbocycles. The summed E-state index contributed by atoms with van der Waals surface area (Å²) in [6.07, 6.45) is -0.425. The summed E-state index contributed by atoms with van der Waals surface area (Å²) in [4.78, 5) is 4.89. The highest BCUT2D eigenvalue weighted by Gasteiger charge is 2.38. The summed E-state index contributed by atoms with van der Waals surface area (Å²) in [6, 6.07) is 27.2. The van der Waals surface area contributed by atoms with Crippen molar-refractivity contribution in [2.24, 2.45) is 0 Å². The van der Waals surface area contributed by atoms with E-state index >= 15 is 0 Å². The number of benzene rings is 3. The van der Waals surface area contributed by atoms with Crippen molar-refractivity contribution in [3.63, 3.8) is 0 Å². The SMILES string of the molecule is Cl.Cl.O=S(=O)(c1ccccc1-c1ccccc1)N1CCN(C2CN(Cc3ccccc3)CC2O)CC1. The van der Waals surface area contributed by atoms with Crippen LogP contribution in [0.3, 0.4) is 0 Å². The molecule has 36 heavy (non-hydrogen) atoms. The topological polar surface area (TPSA) is 64.1 Å². The summed E-state index contributed by atoms with van der Waals surface area (Å²) in [7, 11) is -3.62. The fourth-order valence-electron chi connectivity index (χ4n) is 5.14. The molecule has 0 saturated carbocycles. The van der Waals surface area contributed by atoms with Gasteiger partial charge in [0.25, 0.3) is 0 Å². The standard InChI is InChI=1S/C27H31N3O3S.2ClH/c31-26-21-28(19-22-9-3-1-4-10-22)20-25(26)29-15-17-30(18-16-29)34(32,33)27-14-8-7-13-24(27)23-11-5-2-6-12-23;;/h1-14,25-26,31H,15-21H2;2*1H. The number of hydrogen-bond acceptors (Lipinski definition) is 5. The monoisotopic (exact) mass is 549 g/mol. The van der Waals surface area contributed by atoms with E-state index in [0.29, 0.717) is 37.6 Å². The largest absolute Gasteiger partial charge is 0.390 e. The van der Waals surface area contributed by atoms with E-state index in [9.17, 15) is 13.5 Å². The number of β-amino-alcohol motifs (C(OH)–C–C–N with tert-alkyl or cyclic N) is 1. The Labute approximate surface area is 226 Å². The average molecular weight is 551 g/mol. The summed E-state index contributed by atoms with van der Waals surface area (Å²) in [5.74, 6) is 0. The molecule has 0 spiro atoms. The highest BCUT2D eigenvalue weighted by Crippen LogP contribution is 2.30. The Kier molecular flexibility index (Phi) is 9.94. The molecule has 3 aromatic rings. The van der Waals surface area contributed by atoms with Crippen LogP contribution in [-0.4, -0.2) is 79.0 Å². The molecule has 2 unspecified atom stereocenters. The maximum atomic E-state index is 13.6. The highest BCUT2D eigenvalue weighted by molar-refractivity contribution is 7.89. The van der Waals surface area contributed by atoms with Gasteiger partial charge in [-0.05, 0) is 17.2 Å². The van der Waals surface area contributed by atoms with Crippen LogP contribution >= 0.6 is 24.8 Å². The van der Waals surface area contributed by atoms with Gasteiger partial charge >= 0.3 is 0 Å². The molecular weight excluding hydrogens is 517 g/mol. The maximum absolute atomic E-state index is 13.6. The molecule has 2 saturated heterocycles. The molecule has 0 radical (unpaired) electrons. The number of hydrogen-bond donors (Lipinski definition) is 1. The molecule has 2 fully saturated rings. The Bertz CT molecular complexity index is 1210. The first-order chi connectivity index (χ1) is 16.5. The first-order valence-corrected chi connectivity index (χ1v) is 13.3. The summed E-state index contributed by atoms with van der Waals surface area (Å²) in [5, 5.41) is 10.7. The van der Waals surface area contributed by atoms with E-state index in [4.69, 9.17) is 0 Å². The first kappa shape index (κ1) is 28.6. The molecule has 6 nitrogen and oxygen atoms in total. The molecule has 2 heterocycles. The molecule has 2 aliphatic rings. The molecule has 9 heteroatoms. The number of piperazine rings is 1. The Balaban J connectivity index is 0.00000180. The normalized spacial score (nSPS) is 21.5. The lowest BCUT2D eigenvalue weighted by Crippen LogP contribution is -2.54. The van der Waals surface area contributed by atoms with E-state index in [2.05, 4.69) is 21.9 Å². The van der Waals surface area contributed by atoms with Crippen molar-refractivity contribution in [1.82, 2.24) is 14.1 Å². The van der Waals surface area contributed by atoms with E-state index in [-0.39, 0.29) is 30.9 Å². The van der Waals surface area contributed by atoms with Gasteiger partial charge in [-0.2, -0.15) is 4.31 Å². The summed E-state index contributed by atoms with van der Waals surface area (Å²) in [5.41, 5.74) is 2.87. The zero-order valence-corrected chi connectivity index (χ0v) is 22.5. The van der Waals surface area contributed by atoms with Gasteiger partial charge in [0.05, 0.1) is 11.0 Å². The van der Waals surface area contributed by atoms with Gasteiger partial charge in [-0.15, -0.1) is 24.8 Å². The smallest absolute Gasteiger partial charge is 0.243 e. The minimum absolute atomic E-state index is 0. The van der Waals surface area contributed by atoms with Crippen molar-refractivity contribution < 1.29 is 13.5 Å². The predicted octanol–water partition coefficient (Wildman–Crippen LogP) is 3.75. The van der Waals surface area contributed by atoms with Gasteiger partial charge in [-0.25, -0.2) is 8.42 Å². The minimum atomic E-state index is -3.62. The van der Waals surface area contributed by atoms with Gasteiger partial charge in [-0.1, -0.05) is 78.9 Å². The summed E-state index contributed by atoms with van der Waals surface area (Å²) < 4.78 is 28.7. The third-order valence-electron chi connectivity index (χ3n) is 6.92. The van der Waals surface area contributed by atoms with Crippen LogP contribution in [0, 0.1) is 0 Å². The lowest BCUT2D eigenvalue weighted by molar-refractivity contribution is 0.0618. The number of rotatable bonds is 6. The fourth-order valence-corrected chi connectivity index (χ4v) is 6.78. The Morgan fingerprint density at radius 2 is 1.33 bits per heavy atom. The van der Waals surface area contributed by atoms with Crippen LogP contribution in [0.1, 0.15) is 5.56 Å². The van der Waals surface area contributed by atoms with Gasteiger partial charge < -0.3 is 5.11 Å². The van der Waals surface area contributed by atoms with Crippen molar-refractivity contribution in [2.75, 3.05) is 39.3 Å². The third-order valence-corrected chi connectivity index (χ3v) is 8.87. The predicted molar refractivity (Wildman–Crippen MR) is 148 cm³/mol. The molecule has 2 aliphatic heterocycles. The van der Waals surface area contributed by atoms with Crippen molar-refractivity contribution in [3.8, 4) is 11.1 Å². The second kappa shape index (κ2) is 12.5. The van der Waals surface area contributed by atoms with E-state index in [1.165, 1.54) is 5.56 Å². The van der Waals surface area contributed by atoms with Crippen LogP contribution < -0.4 is 0 Å². The minimum Gasteiger partial charge on any atom is -0.390 e. The second-order valence-corrected chi connectivity index (χ2v) is 11.0. The number of likely N-dealkylation sites (tertiary alicyclic amines) is 1. The molecule has 1 N–H and O–H groups in total. The molecule has 2 atom stereocenters. The van der Waals surface area contributed by atoms with Gasteiger partial charge in [0.1, 0.15) is 0 Å². The number of halogens is 2. The van der Waals surface area contributed by atoms with E-state index in [1.54, 1.807) is 16.4 Å². The van der Waals surface area contributed by atoms with Crippen LogP contribution in [0.4, 0.5) is 0 Å². The molecular formula is C27H33Cl2N3O3S. The zero-order valence-electron chi connectivity index (χ0n) is 20.0. The zero-order chi connectivity index (χ0) is 23.5. The molecule has 194 valence electrons. The Hall–Kier alpha value is -1.97. The number of nitrogens with zero attached hydrogens (tertiary/aromatic N) is 3. The van der Waals surface area contributed by atoms with E-state index in [0.717, 1.165) is 24.2 Å². The molecule has 0 amide bonds.